The second kappa shape index (κ2) is 8.17. The number of methoxy groups -OCH3 is 1. The van der Waals surface area contributed by atoms with Crippen LogP contribution in [0.25, 0.3) is 0 Å². The maximum Gasteiger partial charge on any atom is 0.257 e. The van der Waals surface area contributed by atoms with Crippen LogP contribution in [0.5, 0.6) is 5.75 Å². The summed E-state index contributed by atoms with van der Waals surface area (Å²) in [4.78, 5) is 26.2. The Labute approximate surface area is 140 Å². The standard InChI is InChI=1S/C16H21ClN2O4/c1-23-14-3-2-12(17)10-13(14)16(22)19-7-4-11(5-8-19)15(21)18-6-9-20/h2-3,10-11,20H,4-9H2,1H3,(H,18,21). The molecule has 126 valence electrons. The molecule has 0 aromatic heterocycles. The number of aliphatic hydroxyl groups is 1. The van der Waals surface area contributed by atoms with E-state index >= 15 is 0 Å². The van der Waals surface area contributed by atoms with Crippen molar-refractivity contribution in [1.29, 1.82) is 0 Å². The van der Waals surface area contributed by atoms with Gasteiger partial charge in [-0.2, -0.15) is 0 Å². The average Bonchev–Trinajstić information content (AvgIpc) is 2.59. The highest BCUT2D eigenvalue weighted by Crippen LogP contribution is 2.26. The molecule has 1 aliphatic rings. The van der Waals surface area contributed by atoms with Crippen molar-refractivity contribution in [2.45, 2.75) is 12.8 Å². The Bertz CT molecular complexity index is 571. The maximum absolute atomic E-state index is 12.6. The van der Waals surface area contributed by atoms with Gasteiger partial charge in [-0.1, -0.05) is 11.6 Å². The van der Waals surface area contributed by atoms with Crippen LogP contribution in [-0.2, 0) is 4.79 Å². The molecule has 7 heteroatoms. The van der Waals surface area contributed by atoms with Gasteiger partial charge < -0.3 is 20.1 Å². The van der Waals surface area contributed by atoms with Crippen LogP contribution < -0.4 is 10.1 Å². The van der Waals surface area contributed by atoms with Crippen LogP contribution in [0.15, 0.2) is 18.2 Å². The van der Waals surface area contributed by atoms with Crippen molar-refractivity contribution >= 4 is 23.4 Å². The van der Waals surface area contributed by atoms with Gasteiger partial charge in [-0.15, -0.1) is 0 Å². The van der Waals surface area contributed by atoms with Crippen molar-refractivity contribution in [2.24, 2.45) is 5.92 Å². The third-order valence-electron chi connectivity index (χ3n) is 3.96. The summed E-state index contributed by atoms with van der Waals surface area (Å²) in [6.45, 7) is 1.20. The lowest BCUT2D eigenvalue weighted by Gasteiger charge is -2.31. The number of hydrogen-bond acceptors (Lipinski definition) is 4. The SMILES string of the molecule is COc1ccc(Cl)cc1C(=O)N1CCC(C(=O)NCCO)CC1. The third kappa shape index (κ3) is 4.36. The molecule has 1 aliphatic heterocycles. The minimum atomic E-state index is -0.140. The smallest absolute Gasteiger partial charge is 0.257 e. The minimum Gasteiger partial charge on any atom is -0.496 e. The number of halogens is 1. The molecule has 0 atom stereocenters. The van der Waals surface area contributed by atoms with E-state index < -0.39 is 0 Å². The van der Waals surface area contributed by atoms with Crippen LogP contribution in [0.4, 0.5) is 0 Å². The Hall–Kier alpha value is -1.79. The summed E-state index contributed by atoms with van der Waals surface area (Å²) in [6.07, 6.45) is 1.21. The number of nitrogens with one attached hydrogen (secondary N) is 1. The summed E-state index contributed by atoms with van der Waals surface area (Å²) in [7, 11) is 1.51. The van der Waals surface area contributed by atoms with Gasteiger partial charge in [0.05, 0.1) is 19.3 Å². The van der Waals surface area contributed by atoms with E-state index in [1.807, 2.05) is 0 Å². The molecule has 0 bridgehead atoms. The first kappa shape index (κ1) is 17.6. The number of likely N-dealkylation sites (tertiary alicyclic amines) is 1. The molecule has 0 radical (unpaired) electrons. The summed E-state index contributed by atoms with van der Waals surface area (Å²) in [5.41, 5.74) is 0.434. The van der Waals surface area contributed by atoms with Crippen LogP contribution >= 0.6 is 11.6 Å². The number of piperidine rings is 1. The fraction of sp³-hybridized carbons (Fsp3) is 0.500. The Morgan fingerprint density at radius 3 is 2.70 bits per heavy atom. The summed E-state index contributed by atoms with van der Waals surface area (Å²) in [5, 5.41) is 11.9. The fourth-order valence-electron chi connectivity index (χ4n) is 2.69. The number of carbonyl (C=O) groups excluding carboxylic acids is 2. The van der Waals surface area contributed by atoms with Crippen molar-refractivity contribution in [2.75, 3.05) is 33.4 Å². The summed E-state index contributed by atoms with van der Waals surface area (Å²) in [6, 6.07) is 4.95. The molecule has 0 spiro atoms. The highest BCUT2D eigenvalue weighted by molar-refractivity contribution is 6.31. The molecule has 23 heavy (non-hydrogen) atoms. The van der Waals surface area contributed by atoms with E-state index in [0.29, 0.717) is 42.3 Å². The summed E-state index contributed by atoms with van der Waals surface area (Å²) in [5.74, 6) is 0.166. The highest BCUT2D eigenvalue weighted by Gasteiger charge is 2.28. The molecule has 1 aromatic carbocycles. The Balaban J connectivity index is 1.99. The monoisotopic (exact) mass is 340 g/mol. The van der Waals surface area contributed by atoms with Gasteiger partial charge in [0.25, 0.3) is 5.91 Å². The topological polar surface area (TPSA) is 78.9 Å². The lowest BCUT2D eigenvalue weighted by molar-refractivity contribution is -0.126. The van der Waals surface area contributed by atoms with Gasteiger partial charge in [0.1, 0.15) is 5.75 Å². The number of hydrogen-bond donors (Lipinski definition) is 2. The molecule has 0 saturated carbocycles. The third-order valence-corrected chi connectivity index (χ3v) is 4.19. The van der Waals surface area contributed by atoms with Gasteiger partial charge >= 0.3 is 0 Å². The molecule has 1 saturated heterocycles. The minimum absolute atomic E-state index is 0.0634. The molecule has 2 rings (SSSR count). The summed E-state index contributed by atoms with van der Waals surface area (Å²) < 4.78 is 5.22. The van der Waals surface area contributed by atoms with E-state index in [0.717, 1.165) is 0 Å². The first-order chi connectivity index (χ1) is 11.1. The quantitative estimate of drug-likeness (QED) is 0.847. The number of ether oxygens (including phenoxy) is 1. The second-order valence-electron chi connectivity index (χ2n) is 5.43. The van der Waals surface area contributed by atoms with Gasteiger partial charge in [-0.05, 0) is 31.0 Å². The molecule has 0 aliphatic carbocycles. The predicted octanol–water partition coefficient (Wildman–Crippen LogP) is 1.31. The van der Waals surface area contributed by atoms with E-state index in [1.165, 1.54) is 7.11 Å². The van der Waals surface area contributed by atoms with Crippen LogP contribution in [0.1, 0.15) is 23.2 Å². The van der Waals surface area contributed by atoms with Gasteiger partial charge in [0.2, 0.25) is 5.91 Å². The lowest BCUT2D eigenvalue weighted by Crippen LogP contribution is -2.43. The second-order valence-corrected chi connectivity index (χ2v) is 5.86. The number of benzene rings is 1. The Morgan fingerprint density at radius 1 is 1.39 bits per heavy atom. The molecular formula is C16H21ClN2O4. The first-order valence-corrected chi connectivity index (χ1v) is 7.96. The van der Waals surface area contributed by atoms with E-state index in [9.17, 15) is 9.59 Å². The van der Waals surface area contributed by atoms with Gasteiger partial charge in [-0.25, -0.2) is 0 Å². The Morgan fingerprint density at radius 2 is 2.09 bits per heavy atom. The molecule has 6 nitrogen and oxygen atoms in total. The highest BCUT2D eigenvalue weighted by atomic mass is 35.5. The number of amides is 2. The summed E-state index contributed by atoms with van der Waals surface area (Å²) >= 11 is 5.97. The predicted molar refractivity (Wildman–Crippen MR) is 86.7 cm³/mol. The first-order valence-electron chi connectivity index (χ1n) is 7.58. The largest absolute Gasteiger partial charge is 0.496 e. The molecular weight excluding hydrogens is 320 g/mol. The molecule has 2 amide bonds. The van der Waals surface area contributed by atoms with Crippen molar-refractivity contribution < 1.29 is 19.4 Å². The normalized spacial score (nSPS) is 15.3. The molecule has 2 N–H and O–H groups in total. The Kier molecular flexibility index (Phi) is 6.24. The van der Waals surface area contributed by atoms with E-state index in [4.69, 9.17) is 21.4 Å². The van der Waals surface area contributed by atoms with Gasteiger partial charge in [0, 0.05) is 30.6 Å². The average molecular weight is 341 g/mol. The van der Waals surface area contributed by atoms with Crippen LogP contribution in [0.3, 0.4) is 0 Å². The molecule has 0 unspecified atom stereocenters. The zero-order chi connectivity index (χ0) is 16.8. The van der Waals surface area contributed by atoms with E-state index in [2.05, 4.69) is 5.32 Å². The fourth-order valence-corrected chi connectivity index (χ4v) is 2.86. The number of aliphatic hydroxyl groups excluding tert-OH is 1. The van der Waals surface area contributed by atoms with Crippen molar-refractivity contribution in [3.63, 3.8) is 0 Å². The van der Waals surface area contributed by atoms with Gasteiger partial charge in [-0.3, -0.25) is 9.59 Å². The molecule has 1 fully saturated rings. The zero-order valence-corrected chi connectivity index (χ0v) is 13.8. The van der Waals surface area contributed by atoms with Crippen LogP contribution in [0, 0.1) is 5.92 Å². The van der Waals surface area contributed by atoms with Crippen molar-refractivity contribution in [1.82, 2.24) is 10.2 Å². The van der Waals surface area contributed by atoms with Crippen LogP contribution in [-0.4, -0.2) is 55.2 Å². The molecule has 1 heterocycles. The van der Waals surface area contributed by atoms with E-state index in [1.54, 1.807) is 23.1 Å². The van der Waals surface area contributed by atoms with Crippen molar-refractivity contribution in [3.05, 3.63) is 28.8 Å². The zero-order valence-electron chi connectivity index (χ0n) is 13.0. The van der Waals surface area contributed by atoms with E-state index in [-0.39, 0.29) is 30.9 Å². The lowest BCUT2D eigenvalue weighted by atomic mass is 9.95. The number of nitrogens with zero attached hydrogens (tertiary/aromatic N) is 1. The van der Waals surface area contributed by atoms with Crippen LogP contribution in [0.2, 0.25) is 5.02 Å². The van der Waals surface area contributed by atoms with Gasteiger partial charge in [0.15, 0.2) is 0 Å². The number of carbonyl (C=O) groups is 2. The van der Waals surface area contributed by atoms with Crippen molar-refractivity contribution in [3.8, 4) is 5.75 Å². The molecule has 1 aromatic rings. The number of rotatable bonds is 5. The maximum atomic E-state index is 12.6.